The molecule has 0 amide bonds. The minimum Gasteiger partial charge on any atom is -0.469 e. The number of methoxy groups -OCH3 is 1. The van der Waals surface area contributed by atoms with Gasteiger partial charge in [0.1, 0.15) is 0 Å². The molecule has 1 atom stereocenters. The number of esters is 1. The highest BCUT2D eigenvalue weighted by molar-refractivity contribution is 8.00. The molecule has 0 N–H and O–H groups in total. The maximum Gasteiger partial charge on any atom is 0.450 e. The van der Waals surface area contributed by atoms with E-state index in [0.717, 1.165) is 25.7 Å². The lowest BCUT2D eigenvalue weighted by Gasteiger charge is -2.11. The van der Waals surface area contributed by atoms with Crippen molar-refractivity contribution in [3.63, 3.8) is 0 Å². The van der Waals surface area contributed by atoms with Crippen molar-refractivity contribution in [3.8, 4) is 11.8 Å². The first-order valence-corrected chi connectivity index (χ1v) is 13.1. The molecule has 0 rings (SSSR count). The summed E-state index contributed by atoms with van der Waals surface area (Å²) in [6, 6.07) is 0. The van der Waals surface area contributed by atoms with Gasteiger partial charge < -0.3 is 4.74 Å². The summed E-state index contributed by atoms with van der Waals surface area (Å²) in [7, 11) is 1.34. The van der Waals surface area contributed by atoms with Gasteiger partial charge in [-0.3, -0.25) is 9.59 Å². The predicted octanol–water partition coefficient (Wildman–Crippen LogP) is 7.66. The van der Waals surface area contributed by atoms with Crippen LogP contribution in [0.1, 0.15) is 110 Å². The Hall–Kier alpha value is -1.16. The summed E-state index contributed by atoms with van der Waals surface area (Å²) in [5.74, 6) is 4.49. The summed E-state index contributed by atoms with van der Waals surface area (Å²) in [6.45, 7) is 2.23. The zero-order chi connectivity index (χ0) is 24.1. The van der Waals surface area contributed by atoms with Crippen molar-refractivity contribution in [1.82, 2.24) is 0 Å². The minimum absolute atomic E-state index is 0.104. The molecule has 0 aromatic heterocycles. The normalized spacial score (nSPS) is 12.2. The molecule has 7 heteroatoms. The van der Waals surface area contributed by atoms with Gasteiger partial charge in [0.2, 0.25) is 5.78 Å². The van der Waals surface area contributed by atoms with E-state index in [1.807, 2.05) is 0 Å². The van der Waals surface area contributed by atoms with E-state index in [1.54, 1.807) is 0 Å². The molecule has 0 aliphatic carbocycles. The molecular formula is C25H41F3O3S. The highest BCUT2D eigenvalue weighted by Crippen LogP contribution is 2.23. The largest absolute Gasteiger partial charge is 0.469 e. The number of thioether (sulfide) groups is 1. The Morgan fingerprint density at radius 3 is 2.03 bits per heavy atom. The molecule has 0 heterocycles. The fourth-order valence-electron chi connectivity index (χ4n) is 3.22. The van der Waals surface area contributed by atoms with E-state index in [-0.39, 0.29) is 17.0 Å². The molecule has 0 radical (unpaired) electrons. The van der Waals surface area contributed by atoms with Gasteiger partial charge in [-0.1, -0.05) is 77.1 Å². The second-order valence-corrected chi connectivity index (χ2v) is 9.42. The first-order valence-electron chi connectivity index (χ1n) is 12.1. The van der Waals surface area contributed by atoms with Gasteiger partial charge in [-0.25, -0.2) is 0 Å². The fourth-order valence-corrected chi connectivity index (χ4v) is 4.31. The van der Waals surface area contributed by atoms with E-state index in [0.29, 0.717) is 19.3 Å². The number of alkyl halides is 3. The van der Waals surface area contributed by atoms with Gasteiger partial charge in [0.25, 0.3) is 0 Å². The lowest BCUT2D eigenvalue weighted by molar-refractivity contribution is -0.170. The van der Waals surface area contributed by atoms with Gasteiger partial charge in [0.15, 0.2) is 0 Å². The highest BCUT2D eigenvalue weighted by Gasteiger charge is 2.37. The molecule has 0 aliphatic heterocycles. The van der Waals surface area contributed by atoms with Crippen molar-refractivity contribution in [2.75, 3.05) is 12.9 Å². The van der Waals surface area contributed by atoms with Crippen LogP contribution in [0.3, 0.4) is 0 Å². The van der Waals surface area contributed by atoms with E-state index < -0.39 is 18.4 Å². The summed E-state index contributed by atoms with van der Waals surface area (Å²) >= 11 is 1.30. The van der Waals surface area contributed by atoms with E-state index in [2.05, 4.69) is 23.5 Å². The number of unbranched alkanes of at least 4 members (excludes halogenated alkanes) is 11. The zero-order valence-electron chi connectivity index (χ0n) is 19.9. The number of carbonyl (C=O) groups excluding carboxylic acids is 2. The summed E-state index contributed by atoms with van der Waals surface area (Å²) in [4.78, 5) is 22.3. The van der Waals surface area contributed by atoms with Crippen LogP contribution in [-0.4, -0.2) is 36.0 Å². The van der Waals surface area contributed by atoms with Crippen LogP contribution in [0, 0.1) is 11.8 Å². The van der Waals surface area contributed by atoms with Crippen LogP contribution in [0.4, 0.5) is 13.2 Å². The Kier molecular flexibility index (Phi) is 19.7. The third-order valence-electron chi connectivity index (χ3n) is 5.21. The Morgan fingerprint density at radius 1 is 0.875 bits per heavy atom. The number of hydrogen-bond acceptors (Lipinski definition) is 4. The van der Waals surface area contributed by atoms with Crippen LogP contribution in [0.25, 0.3) is 0 Å². The van der Waals surface area contributed by atoms with Crippen molar-refractivity contribution in [2.24, 2.45) is 0 Å². The third-order valence-corrected chi connectivity index (χ3v) is 6.40. The molecule has 0 saturated heterocycles. The number of carbonyl (C=O) groups is 2. The number of Topliss-reactive ketones (excluding diaryl/α,β-unsaturated/α-hetero) is 1. The van der Waals surface area contributed by atoms with Crippen LogP contribution >= 0.6 is 11.8 Å². The van der Waals surface area contributed by atoms with Crippen molar-refractivity contribution in [3.05, 3.63) is 0 Å². The molecule has 0 saturated carbocycles. The van der Waals surface area contributed by atoms with Crippen molar-refractivity contribution in [2.45, 2.75) is 121 Å². The SMILES string of the molecule is CCCCCCCCCCCCC#CC(CCCCC(=O)OC)SCCC(=O)C(F)(F)F. The second kappa shape index (κ2) is 20.4. The summed E-state index contributed by atoms with van der Waals surface area (Å²) in [5, 5.41) is -0.114. The zero-order valence-corrected chi connectivity index (χ0v) is 20.7. The fraction of sp³-hybridized carbons (Fsp3) is 0.840. The highest BCUT2D eigenvalue weighted by atomic mass is 32.2. The Bertz CT molecular complexity index is 553. The Balaban J connectivity index is 4.15. The summed E-state index contributed by atoms with van der Waals surface area (Å²) in [5.41, 5.74) is 0. The average molecular weight is 479 g/mol. The molecule has 0 aromatic rings. The smallest absolute Gasteiger partial charge is 0.450 e. The predicted molar refractivity (Wildman–Crippen MR) is 127 cm³/mol. The third kappa shape index (κ3) is 19.5. The lowest BCUT2D eigenvalue weighted by Crippen LogP contribution is -2.23. The Labute approximate surface area is 197 Å². The Morgan fingerprint density at radius 2 is 1.47 bits per heavy atom. The number of rotatable bonds is 19. The lowest BCUT2D eigenvalue weighted by atomic mass is 10.1. The summed E-state index contributed by atoms with van der Waals surface area (Å²) in [6.07, 6.45) is 10.5. The molecule has 0 aromatic carbocycles. The maximum absolute atomic E-state index is 12.4. The van der Waals surface area contributed by atoms with Crippen LogP contribution in [0.15, 0.2) is 0 Å². The maximum atomic E-state index is 12.4. The number of ether oxygens (including phenoxy) is 1. The van der Waals surface area contributed by atoms with Crippen LogP contribution in [-0.2, 0) is 14.3 Å². The van der Waals surface area contributed by atoms with E-state index in [4.69, 9.17) is 0 Å². The van der Waals surface area contributed by atoms with Crippen LogP contribution in [0.2, 0.25) is 0 Å². The second-order valence-electron chi connectivity index (χ2n) is 8.11. The topological polar surface area (TPSA) is 43.4 Å². The number of halogens is 3. The first-order chi connectivity index (χ1) is 15.3. The number of ketones is 1. The van der Waals surface area contributed by atoms with Crippen molar-refractivity contribution >= 4 is 23.5 Å². The van der Waals surface area contributed by atoms with E-state index in [1.165, 1.54) is 70.2 Å². The quantitative estimate of drug-likeness (QED) is 0.109. The van der Waals surface area contributed by atoms with E-state index >= 15 is 0 Å². The van der Waals surface area contributed by atoms with Gasteiger partial charge >= 0.3 is 12.1 Å². The monoisotopic (exact) mass is 478 g/mol. The van der Waals surface area contributed by atoms with Gasteiger partial charge in [0, 0.05) is 25.0 Å². The minimum atomic E-state index is -4.77. The van der Waals surface area contributed by atoms with Gasteiger partial charge in [0.05, 0.1) is 12.4 Å². The summed E-state index contributed by atoms with van der Waals surface area (Å²) < 4.78 is 41.7. The molecule has 0 bridgehead atoms. The molecular weight excluding hydrogens is 437 g/mol. The van der Waals surface area contributed by atoms with Crippen molar-refractivity contribution in [1.29, 1.82) is 0 Å². The average Bonchev–Trinajstić information content (AvgIpc) is 2.75. The molecule has 0 aliphatic rings. The molecule has 0 spiro atoms. The van der Waals surface area contributed by atoms with Crippen molar-refractivity contribution < 1.29 is 27.5 Å². The molecule has 186 valence electrons. The molecule has 32 heavy (non-hydrogen) atoms. The van der Waals surface area contributed by atoms with Gasteiger partial charge in [-0.2, -0.15) is 13.2 Å². The van der Waals surface area contributed by atoms with Crippen LogP contribution < -0.4 is 0 Å². The molecule has 1 unspecified atom stereocenters. The standard InChI is InChI=1S/C25H41F3O3S/c1-3-4-5-6-7-8-9-10-11-12-13-14-17-22(18-15-16-19-24(30)31-2)32-21-20-23(29)25(26,27)28/h22H,3-13,15-16,18-21H2,1-2H3. The number of hydrogen-bond donors (Lipinski definition) is 0. The first kappa shape index (κ1) is 30.8. The molecule has 3 nitrogen and oxygen atoms in total. The molecule has 0 fully saturated rings. The van der Waals surface area contributed by atoms with E-state index in [9.17, 15) is 22.8 Å². The van der Waals surface area contributed by atoms with Gasteiger partial charge in [-0.15, -0.1) is 17.7 Å². The van der Waals surface area contributed by atoms with Gasteiger partial charge in [-0.05, 0) is 19.3 Å². The van der Waals surface area contributed by atoms with Crippen LogP contribution in [0.5, 0.6) is 0 Å².